The Bertz CT molecular complexity index is 691. The molecule has 0 bridgehead atoms. The number of hydrogen-bond donors (Lipinski definition) is 1. The van der Waals surface area contributed by atoms with Crippen molar-refractivity contribution in [3.05, 3.63) is 55.9 Å². The maximum absolute atomic E-state index is 11.2. The Morgan fingerprint density at radius 2 is 2.11 bits per heavy atom. The van der Waals surface area contributed by atoms with Crippen LogP contribution in [0.25, 0.3) is 0 Å². The van der Waals surface area contributed by atoms with Gasteiger partial charge in [0.15, 0.2) is 0 Å². The number of nitriles is 1. The molecule has 0 amide bonds. The Hall–Kier alpha value is -1.77. The number of aromatic nitrogens is 1. The van der Waals surface area contributed by atoms with Crippen LogP contribution in [0.3, 0.4) is 0 Å². The molecule has 0 aliphatic carbocycles. The molecule has 2 rings (SSSR count). The van der Waals surface area contributed by atoms with E-state index in [2.05, 4.69) is 20.9 Å². The first kappa shape index (κ1) is 12.7. The summed E-state index contributed by atoms with van der Waals surface area (Å²) in [7, 11) is 0. The lowest BCUT2D eigenvalue weighted by atomic mass is 10.2. The molecule has 1 heterocycles. The van der Waals surface area contributed by atoms with Gasteiger partial charge in [-0.25, -0.2) is 0 Å². The van der Waals surface area contributed by atoms with E-state index in [0.717, 1.165) is 0 Å². The number of aromatic amines is 1. The van der Waals surface area contributed by atoms with Gasteiger partial charge in [-0.3, -0.25) is 4.79 Å². The lowest BCUT2D eigenvalue weighted by molar-refractivity contribution is 0.478. The molecule has 2 aromatic rings. The molecule has 0 saturated carbocycles. The van der Waals surface area contributed by atoms with E-state index in [4.69, 9.17) is 21.6 Å². The Kier molecular flexibility index (Phi) is 3.70. The van der Waals surface area contributed by atoms with Crippen LogP contribution in [0.5, 0.6) is 11.5 Å². The summed E-state index contributed by atoms with van der Waals surface area (Å²) in [6.45, 7) is 0. The molecule has 1 N–H and O–H groups in total. The van der Waals surface area contributed by atoms with E-state index >= 15 is 0 Å². The van der Waals surface area contributed by atoms with Gasteiger partial charge in [-0.05, 0) is 34.1 Å². The van der Waals surface area contributed by atoms with Crippen molar-refractivity contribution in [3.63, 3.8) is 0 Å². The van der Waals surface area contributed by atoms with Crippen LogP contribution < -0.4 is 10.3 Å². The van der Waals surface area contributed by atoms with Crippen LogP contribution in [0, 0.1) is 11.3 Å². The number of benzene rings is 1. The van der Waals surface area contributed by atoms with Gasteiger partial charge in [-0.15, -0.1) is 0 Å². The fraction of sp³-hybridized carbons (Fsp3) is 0. The number of hydrogen-bond acceptors (Lipinski definition) is 3. The van der Waals surface area contributed by atoms with Gasteiger partial charge in [-0.2, -0.15) is 5.26 Å². The number of pyridine rings is 1. The van der Waals surface area contributed by atoms with Gasteiger partial charge in [0.2, 0.25) is 0 Å². The van der Waals surface area contributed by atoms with Crippen molar-refractivity contribution >= 4 is 27.5 Å². The third-order valence-corrected chi connectivity index (χ3v) is 2.90. The van der Waals surface area contributed by atoms with E-state index in [1.165, 1.54) is 18.3 Å². The second-order valence-corrected chi connectivity index (χ2v) is 4.69. The highest BCUT2D eigenvalue weighted by Gasteiger charge is 2.06. The first-order valence-corrected chi connectivity index (χ1v) is 6.02. The normalized spacial score (nSPS) is 9.83. The summed E-state index contributed by atoms with van der Waals surface area (Å²) >= 11 is 9.10. The van der Waals surface area contributed by atoms with E-state index in [1.807, 2.05) is 6.07 Å². The molecule has 0 fully saturated rings. The third-order valence-electron chi connectivity index (χ3n) is 2.07. The minimum Gasteiger partial charge on any atom is -0.456 e. The van der Waals surface area contributed by atoms with E-state index in [1.54, 1.807) is 12.1 Å². The molecule has 1 aromatic heterocycles. The molecule has 0 radical (unpaired) electrons. The van der Waals surface area contributed by atoms with E-state index in [0.29, 0.717) is 26.6 Å². The summed E-state index contributed by atoms with van der Waals surface area (Å²) < 4.78 is 6.11. The summed E-state index contributed by atoms with van der Waals surface area (Å²) in [6.07, 6.45) is 1.48. The number of halogens is 2. The minimum atomic E-state index is -0.282. The minimum absolute atomic E-state index is 0.282. The van der Waals surface area contributed by atoms with Crippen LogP contribution in [0.1, 0.15) is 5.56 Å². The first-order valence-electron chi connectivity index (χ1n) is 4.85. The highest BCUT2D eigenvalue weighted by molar-refractivity contribution is 9.10. The predicted octanol–water partition coefficient (Wildman–Crippen LogP) is 3.45. The molecular formula is C12H6BrClN2O2. The lowest BCUT2D eigenvalue weighted by Crippen LogP contribution is -2.03. The number of rotatable bonds is 2. The fourth-order valence-electron chi connectivity index (χ4n) is 1.33. The predicted molar refractivity (Wildman–Crippen MR) is 71.0 cm³/mol. The molecular weight excluding hydrogens is 320 g/mol. The number of H-pyrrole nitrogens is 1. The van der Waals surface area contributed by atoms with Crippen molar-refractivity contribution < 1.29 is 4.74 Å². The lowest BCUT2D eigenvalue weighted by Gasteiger charge is -2.07. The van der Waals surface area contributed by atoms with Crippen molar-refractivity contribution in [1.82, 2.24) is 4.98 Å². The fourth-order valence-corrected chi connectivity index (χ4v) is 1.86. The summed E-state index contributed by atoms with van der Waals surface area (Å²) in [5, 5.41) is 9.22. The number of nitrogens with one attached hydrogen (secondary N) is 1. The molecule has 0 aliphatic heterocycles. The van der Waals surface area contributed by atoms with Crippen LogP contribution in [0.2, 0.25) is 5.02 Å². The standard InChI is InChI=1S/C12H6BrClN2O2/c13-10-6-16-12(17)4-11(10)18-9-2-7(5-15)1-8(14)3-9/h1-4,6H,(H,16,17). The topological polar surface area (TPSA) is 65.9 Å². The number of nitrogens with zero attached hydrogens (tertiary/aromatic N) is 1. The van der Waals surface area contributed by atoms with Crippen LogP contribution in [0.15, 0.2) is 39.7 Å². The van der Waals surface area contributed by atoms with Crippen LogP contribution in [-0.2, 0) is 0 Å². The molecule has 0 unspecified atom stereocenters. The Morgan fingerprint density at radius 3 is 2.83 bits per heavy atom. The zero-order valence-corrected chi connectivity index (χ0v) is 11.2. The van der Waals surface area contributed by atoms with Crippen molar-refractivity contribution in [2.24, 2.45) is 0 Å². The molecule has 18 heavy (non-hydrogen) atoms. The largest absolute Gasteiger partial charge is 0.456 e. The summed E-state index contributed by atoms with van der Waals surface area (Å²) in [5.41, 5.74) is 0.106. The Balaban J connectivity index is 2.40. The van der Waals surface area contributed by atoms with Gasteiger partial charge < -0.3 is 9.72 Å². The molecule has 0 spiro atoms. The quantitative estimate of drug-likeness (QED) is 0.919. The molecule has 0 atom stereocenters. The molecule has 1 aromatic carbocycles. The zero-order chi connectivity index (χ0) is 13.1. The van der Waals surface area contributed by atoms with E-state index in [-0.39, 0.29) is 5.56 Å². The maximum Gasteiger partial charge on any atom is 0.251 e. The van der Waals surface area contributed by atoms with Crippen molar-refractivity contribution in [3.8, 4) is 17.6 Å². The molecule has 6 heteroatoms. The maximum atomic E-state index is 11.2. The molecule has 90 valence electrons. The molecule has 0 aliphatic rings. The second kappa shape index (κ2) is 5.25. The van der Waals surface area contributed by atoms with E-state index in [9.17, 15) is 4.79 Å². The highest BCUT2D eigenvalue weighted by Crippen LogP contribution is 2.29. The zero-order valence-electron chi connectivity index (χ0n) is 8.91. The van der Waals surface area contributed by atoms with Crippen molar-refractivity contribution in [2.75, 3.05) is 0 Å². The highest BCUT2D eigenvalue weighted by atomic mass is 79.9. The van der Waals surface area contributed by atoms with Crippen LogP contribution in [0.4, 0.5) is 0 Å². The van der Waals surface area contributed by atoms with Gasteiger partial charge in [0.25, 0.3) is 5.56 Å². The molecule has 0 saturated heterocycles. The summed E-state index contributed by atoms with van der Waals surface area (Å²) in [5.74, 6) is 0.746. The smallest absolute Gasteiger partial charge is 0.251 e. The third kappa shape index (κ3) is 2.92. The van der Waals surface area contributed by atoms with Gasteiger partial charge in [0.05, 0.1) is 16.1 Å². The van der Waals surface area contributed by atoms with Crippen molar-refractivity contribution in [1.29, 1.82) is 5.26 Å². The van der Waals surface area contributed by atoms with Gasteiger partial charge in [0, 0.05) is 17.3 Å². The Labute approximate surface area is 116 Å². The average Bonchev–Trinajstić information content (AvgIpc) is 2.33. The monoisotopic (exact) mass is 324 g/mol. The van der Waals surface area contributed by atoms with E-state index < -0.39 is 0 Å². The second-order valence-electron chi connectivity index (χ2n) is 3.40. The average molecular weight is 326 g/mol. The summed E-state index contributed by atoms with van der Waals surface area (Å²) in [6, 6.07) is 7.91. The summed E-state index contributed by atoms with van der Waals surface area (Å²) in [4.78, 5) is 13.7. The Morgan fingerprint density at radius 1 is 1.33 bits per heavy atom. The molecule has 4 nitrogen and oxygen atoms in total. The van der Waals surface area contributed by atoms with Crippen LogP contribution in [-0.4, -0.2) is 4.98 Å². The number of ether oxygens (including phenoxy) is 1. The van der Waals surface area contributed by atoms with Gasteiger partial charge in [-0.1, -0.05) is 11.6 Å². The first-order chi connectivity index (χ1) is 8.58. The van der Waals surface area contributed by atoms with Crippen molar-refractivity contribution in [2.45, 2.75) is 0 Å². The SMILES string of the molecule is N#Cc1cc(Cl)cc(Oc2cc(=O)[nH]cc2Br)c1. The van der Waals surface area contributed by atoms with Gasteiger partial charge in [0.1, 0.15) is 11.5 Å². The van der Waals surface area contributed by atoms with Gasteiger partial charge >= 0.3 is 0 Å². The van der Waals surface area contributed by atoms with Crippen LogP contribution >= 0.6 is 27.5 Å².